The summed E-state index contributed by atoms with van der Waals surface area (Å²) >= 11 is 18.0. The van der Waals surface area contributed by atoms with E-state index in [2.05, 4.69) is 5.32 Å². The number of carbonyl (C=O) groups is 1. The molecule has 0 aromatic heterocycles. The molecule has 1 saturated heterocycles. The first kappa shape index (κ1) is 22.4. The maximum Gasteiger partial charge on any atom is 0.244 e. The first-order valence-corrected chi connectivity index (χ1v) is 11.8. The van der Waals surface area contributed by atoms with Gasteiger partial charge in [-0.15, -0.1) is 0 Å². The summed E-state index contributed by atoms with van der Waals surface area (Å²) in [5.74, 6) is -0.615. The van der Waals surface area contributed by atoms with Crippen molar-refractivity contribution in [2.45, 2.75) is 30.7 Å². The average molecular weight is 476 g/mol. The molecule has 3 rings (SSSR count). The third-order valence-electron chi connectivity index (χ3n) is 4.99. The molecule has 0 aliphatic carbocycles. The van der Waals surface area contributed by atoms with Crippen LogP contribution in [0.1, 0.15) is 31.4 Å². The van der Waals surface area contributed by atoms with Crippen molar-refractivity contribution < 1.29 is 13.2 Å². The number of nitrogens with one attached hydrogen (secondary N) is 1. The molecule has 1 heterocycles. The van der Waals surface area contributed by atoms with Crippen LogP contribution in [-0.2, 0) is 14.8 Å². The zero-order chi connectivity index (χ0) is 21.2. The smallest absolute Gasteiger partial charge is 0.244 e. The number of benzene rings is 2. The molecule has 9 heteroatoms. The molecule has 0 radical (unpaired) electrons. The minimum absolute atomic E-state index is 0.0396. The minimum atomic E-state index is -3.84. The second-order valence-electron chi connectivity index (χ2n) is 7.06. The summed E-state index contributed by atoms with van der Waals surface area (Å²) < 4.78 is 27.4. The maximum atomic E-state index is 13.0. The number of piperidine rings is 1. The van der Waals surface area contributed by atoms with E-state index in [0.717, 1.165) is 5.56 Å². The molecule has 2 aromatic rings. The van der Waals surface area contributed by atoms with Gasteiger partial charge in [-0.2, -0.15) is 4.31 Å². The van der Waals surface area contributed by atoms with Crippen molar-refractivity contribution in [1.82, 2.24) is 9.62 Å². The normalized spacial score (nSPS) is 19.0. The molecule has 1 N–H and O–H groups in total. The molecule has 0 bridgehead atoms. The number of sulfonamides is 1. The molecule has 5 nitrogen and oxygen atoms in total. The summed E-state index contributed by atoms with van der Waals surface area (Å²) in [4.78, 5) is 12.7. The third kappa shape index (κ3) is 5.25. The SMILES string of the molecule is CC(NC(=O)C1CCCN(S(=O)(=O)c2cc(Cl)ccc2Cl)C1)c1ccc(Cl)cc1. The third-order valence-corrected chi connectivity index (χ3v) is 7.83. The van der Waals surface area contributed by atoms with Crippen molar-refractivity contribution in [1.29, 1.82) is 0 Å². The zero-order valence-corrected chi connectivity index (χ0v) is 18.8. The van der Waals surface area contributed by atoms with Crippen LogP contribution >= 0.6 is 34.8 Å². The molecular formula is C20H21Cl3N2O3S. The van der Waals surface area contributed by atoms with E-state index in [0.29, 0.717) is 24.4 Å². The number of amides is 1. The Bertz CT molecular complexity index is 997. The second-order valence-corrected chi connectivity index (χ2v) is 10.2. The average Bonchev–Trinajstić information content (AvgIpc) is 2.70. The number of carbonyl (C=O) groups excluding carboxylic acids is 1. The van der Waals surface area contributed by atoms with E-state index in [9.17, 15) is 13.2 Å². The van der Waals surface area contributed by atoms with E-state index in [1.807, 2.05) is 19.1 Å². The summed E-state index contributed by atoms with van der Waals surface area (Å²) in [6.45, 7) is 2.32. The molecule has 1 fully saturated rings. The zero-order valence-electron chi connectivity index (χ0n) is 15.7. The van der Waals surface area contributed by atoms with Gasteiger partial charge in [-0.1, -0.05) is 46.9 Å². The summed E-state index contributed by atoms with van der Waals surface area (Å²) in [6, 6.07) is 11.4. The number of hydrogen-bond acceptors (Lipinski definition) is 3. The van der Waals surface area contributed by atoms with Crippen LogP contribution in [0.2, 0.25) is 15.1 Å². The van der Waals surface area contributed by atoms with Gasteiger partial charge in [0.15, 0.2) is 0 Å². The number of halogens is 3. The molecule has 1 aliphatic heterocycles. The maximum absolute atomic E-state index is 13.0. The van der Waals surface area contributed by atoms with Crippen LogP contribution in [0, 0.1) is 5.92 Å². The molecular weight excluding hydrogens is 455 g/mol. The largest absolute Gasteiger partial charge is 0.349 e. The predicted octanol–water partition coefficient (Wildman–Crippen LogP) is 4.92. The van der Waals surface area contributed by atoms with Gasteiger partial charge >= 0.3 is 0 Å². The molecule has 29 heavy (non-hydrogen) atoms. The monoisotopic (exact) mass is 474 g/mol. The van der Waals surface area contributed by atoms with E-state index < -0.39 is 15.9 Å². The molecule has 1 amide bonds. The molecule has 2 aromatic carbocycles. The molecule has 156 valence electrons. The predicted molar refractivity (Wildman–Crippen MR) is 116 cm³/mol. The van der Waals surface area contributed by atoms with Gasteiger partial charge in [0.1, 0.15) is 4.90 Å². The lowest BCUT2D eigenvalue weighted by Gasteiger charge is -2.32. The van der Waals surface area contributed by atoms with Gasteiger partial charge in [0.05, 0.1) is 17.0 Å². The van der Waals surface area contributed by atoms with Gasteiger partial charge in [-0.25, -0.2) is 8.42 Å². The van der Waals surface area contributed by atoms with E-state index in [1.165, 1.54) is 22.5 Å². The highest BCUT2D eigenvalue weighted by atomic mass is 35.5. The van der Waals surface area contributed by atoms with Crippen LogP contribution in [0.3, 0.4) is 0 Å². The van der Waals surface area contributed by atoms with Gasteiger partial charge in [0, 0.05) is 23.1 Å². The van der Waals surface area contributed by atoms with Crippen molar-refractivity contribution >= 4 is 50.7 Å². The molecule has 2 unspecified atom stereocenters. The van der Waals surface area contributed by atoms with Crippen LogP contribution < -0.4 is 5.32 Å². The first-order chi connectivity index (χ1) is 13.7. The Balaban J connectivity index is 1.72. The summed E-state index contributed by atoms with van der Waals surface area (Å²) in [5.41, 5.74) is 0.925. The van der Waals surface area contributed by atoms with E-state index in [1.54, 1.807) is 12.1 Å². The highest BCUT2D eigenvalue weighted by Gasteiger charge is 2.34. The number of nitrogens with zero attached hydrogens (tertiary/aromatic N) is 1. The Morgan fingerprint density at radius 3 is 2.45 bits per heavy atom. The molecule has 1 aliphatic rings. The highest BCUT2D eigenvalue weighted by Crippen LogP contribution is 2.30. The lowest BCUT2D eigenvalue weighted by Crippen LogP contribution is -2.45. The fourth-order valence-corrected chi connectivity index (χ4v) is 5.74. The van der Waals surface area contributed by atoms with Crippen LogP contribution in [0.4, 0.5) is 0 Å². The number of hydrogen-bond donors (Lipinski definition) is 1. The topological polar surface area (TPSA) is 66.5 Å². The van der Waals surface area contributed by atoms with Gasteiger partial charge in [-0.05, 0) is 55.7 Å². The van der Waals surface area contributed by atoms with E-state index in [-0.39, 0.29) is 33.4 Å². The summed E-state index contributed by atoms with van der Waals surface area (Å²) in [7, 11) is -3.84. The van der Waals surface area contributed by atoms with Gasteiger partial charge in [-0.3, -0.25) is 4.79 Å². The highest BCUT2D eigenvalue weighted by molar-refractivity contribution is 7.89. The van der Waals surface area contributed by atoms with Gasteiger partial charge < -0.3 is 5.32 Å². The Labute approximate surface area is 186 Å². The fourth-order valence-electron chi connectivity index (χ4n) is 3.35. The standard InChI is InChI=1S/C20H21Cl3N2O3S/c1-13(14-4-6-16(21)7-5-14)24-20(26)15-3-2-10-25(12-15)29(27,28)19-11-17(22)8-9-18(19)23/h4-9,11,13,15H,2-3,10,12H2,1H3,(H,24,26). The van der Waals surface area contributed by atoms with Crippen LogP contribution in [0.15, 0.2) is 47.4 Å². The fraction of sp³-hybridized carbons (Fsp3) is 0.350. The van der Waals surface area contributed by atoms with Gasteiger partial charge in [0.25, 0.3) is 0 Å². The van der Waals surface area contributed by atoms with Crippen LogP contribution in [-0.4, -0.2) is 31.7 Å². The van der Waals surface area contributed by atoms with Crippen molar-refractivity contribution in [3.05, 3.63) is 63.1 Å². The number of rotatable bonds is 5. The molecule has 0 saturated carbocycles. The minimum Gasteiger partial charge on any atom is -0.349 e. The summed E-state index contributed by atoms with van der Waals surface area (Å²) in [6.07, 6.45) is 1.21. The Kier molecular flexibility index (Phi) is 7.12. The van der Waals surface area contributed by atoms with Crippen LogP contribution in [0.5, 0.6) is 0 Å². The Morgan fingerprint density at radius 1 is 1.10 bits per heavy atom. The van der Waals surface area contributed by atoms with E-state index >= 15 is 0 Å². The first-order valence-electron chi connectivity index (χ1n) is 9.19. The second kappa shape index (κ2) is 9.23. The molecule has 0 spiro atoms. The van der Waals surface area contributed by atoms with Crippen molar-refractivity contribution in [3.8, 4) is 0 Å². The Morgan fingerprint density at radius 2 is 1.76 bits per heavy atom. The summed E-state index contributed by atoms with van der Waals surface area (Å²) in [5, 5.41) is 3.99. The molecule has 2 atom stereocenters. The van der Waals surface area contributed by atoms with Crippen molar-refractivity contribution in [2.24, 2.45) is 5.92 Å². The van der Waals surface area contributed by atoms with Crippen LogP contribution in [0.25, 0.3) is 0 Å². The lowest BCUT2D eigenvalue weighted by molar-refractivity contribution is -0.126. The Hall–Kier alpha value is -1.31. The quantitative estimate of drug-likeness (QED) is 0.667. The van der Waals surface area contributed by atoms with Crippen molar-refractivity contribution in [2.75, 3.05) is 13.1 Å². The van der Waals surface area contributed by atoms with Crippen molar-refractivity contribution in [3.63, 3.8) is 0 Å². The van der Waals surface area contributed by atoms with E-state index in [4.69, 9.17) is 34.8 Å². The lowest BCUT2D eigenvalue weighted by atomic mass is 9.98. The van der Waals surface area contributed by atoms with Gasteiger partial charge in [0.2, 0.25) is 15.9 Å².